The van der Waals surface area contributed by atoms with Gasteiger partial charge in [0.1, 0.15) is 5.76 Å². The first-order valence-electron chi connectivity index (χ1n) is 6.88. The summed E-state index contributed by atoms with van der Waals surface area (Å²) in [6.07, 6.45) is 1.60. The maximum absolute atomic E-state index is 12.0. The maximum atomic E-state index is 12.0. The van der Waals surface area contributed by atoms with Crippen molar-refractivity contribution in [3.05, 3.63) is 58.5 Å². The molecule has 1 unspecified atom stereocenters. The number of carbonyl (C=O) groups is 1. The fraction of sp³-hybridized carbons (Fsp3) is 0.312. The molecule has 2 N–H and O–H groups in total. The molecule has 1 aromatic heterocycles. The van der Waals surface area contributed by atoms with Gasteiger partial charge in [-0.1, -0.05) is 28.1 Å². The van der Waals surface area contributed by atoms with E-state index in [-0.39, 0.29) is 18.0 Å². The summed E-state index contributed by atoms with van der Waals surface area (Å²) < 4.78 is 6.23. The minimum atomic E-state index is -0.279. The number of hydrogen-bond acceptors (Lipinski definition) is 3. The summed E-state index contributed by atoms with van der Waals surface area (Å²) in [5.41, 5.74) is 1.14. The Kier molecular flexibility index (Phi) is 5.59. The zero-order valence-electron chi connectivity index (χ0n) is 12.1. The fourth-order valence-corrected chi connectivity index (χ4v) is 2.30. The summed E-state index contributed by atoms with van der Waals surface area (Å²) >= 11 is 3.41. The Morgan fingerprint density at radius 2 is 1.95 bits per heavy atom. The molecule has 0 aliphatic carbocycles. The van der Waals surface area contributed by atoms with Crippen LogP contribution in [0.1, 0.15) is 31.2 Å². The molecule has 1 amide bonds. The van der Waals surface area contributed by atoms with Gasteiger partial charge in [0, 0.05) is 10.5 Å². The third kappa shape index (κ3) is 4.72. The number of halogens is 1. The van der Waals surface area contributed by atoms with E-state index in [2.05, 4.69) is 26.6 Å². The number of amides is 1. The van der Waals surface area contributed by atoms with E-state index in [0.717, 1.165) is 15.8 Å². The molecule has 0 radical (unpaired) electrons. The summed E-state index contributed by atoms with van der Waals surface area (Å²) in [5.74, 6) is 0.701. The van der Waals surface area contributed by atoms with E-state index in [0.29, 0.717) is 6.54 Å². The van der Waals surface area contributed by atoms with Crippen molar-refractivity contribution in [1.82, 2.24) is 10.6 Å². The van der Waals surface area contributed by atoms with E-state index in [9.17, 15) is 4.79 Å². The molecule has 0 saturated carbocycles. The van der Waals surface area contributed by atoms with Gasteiger partial charge in [0.05, 0.1) is 18.8 Å². The summed E-state index contributed by atoms with van der Waals surface area (Å²) in [5, 5.41) is 6.14. The molecule has 112 valence electrons. The van der Waals surface area contributed by atoms with Crippen LogP contribution >= 0.6 is 15.9 Å². The van der Waals surface area contributed by atoms with Crippen LogP contribution in [0.15, 0.2) is 51.6 Å². The number of benzene rings is 1. The van der Waals surface area contributed by atoms with Crippen LogP contribution in [0.2, 0.25) is 0 Å². The first-order valence-corrected chi connectivity index (χ1v) is 7.67. The van der Waals surface area contributed by atoms with Crippen molar-refractivity contribution in [2.24, 2.45) is 0 Å². The molecule has 5 heteroatoms. The minimum Gasteiger partial charge on any atom is -0.467 e. The quantitative estimate of drug-likeness (QED) is 0.839. The van der Waals surface area contributed by atoms with Crippen molar-refractivity contribution in [1.29, 1.82) is 0 Å². The smallest absolute Gasteiger partial charge is 0.237 e. The topological polar surface area (TPSA) is 54.3 Å². The molecule has 1 heterocycles. The van der Waals surface area contributed by atoms with E-state index >= 15 is 0 Å². The molecule has 1 aromatic carbocycles. The van der Waals surface area contributed by atoms with Crippen molar-refractivity contribution in [3.8, 4) is 0 Å². The Balaban J connectivity index is 1.83. The first kappa shape index (κ1) is 15.8. The van der Waals surface area contributed by atoms with Gasteiger partial charge in [-0.15, -0.1) is 0 Å². The summed E-state index contributed by atoms with van der Waals surface area (Å²) in [6, 6.07) is 11.5. The SMILES string of the molecule is CC(N[C@@H](C)c1ccc(Br)cc1)C(=O)NCc1ccco1. The van der Waals surface area contributed by atoms with E-state index < -0.39 is 0 Å². The van der Waals surface area contributed by atoms with Crippen LogP contribution in [-0.2, 0) is 11.3 Å². The van der Waals surface area contributed by atoms with E-state index in [1.807, 2.05) is 44.2 Å². The largest absolute Gasteiger partial charge is 0.467 e. The molecule has 0 saturated heterocycles. The van der Waals surface area contributed by atoms with E-state index in [1.54, 1.807) is 12.3 Å². The monoisotopic (exact) mass is 350 g/mol. The molecule has 0 fully saturated rings. The summed E-state index contributed by atoms with van der Waals surface area (Å²) in [6.45, 7) is 4.30. The number of furan rings is 1. The summed E-state index contributed by atoms with van der Waals surface area (Å²) in [7, 11) is 0. The highest BCUT2D eigenvalue weighted by molar-refractivity contribution is 9.10. The van der Waals surface area contributed by atoms with Crippen molar-refractivity contribution in [2.45, 2.75) is 32.5 Å². The van der Waals surface area contributed by atoms with Gasteiger partial charge in [-0.3, -0.25) is 10.1 Å². The van der Waals surface area contributed by atoms with Crippen molar-refractivity contribution in [2.75, 3.05) is 0 Å². The molecular weight excluding hydrogens is 332 g/mol. The molecule has 2 atom stereocenters. The maximum Gasteiger partial charge on any atom is 0.237 e. The molecule has 2 aromatic rings. The van der Waals surface area contributed by atoms with Gasteiger partial charge >= 0.3 is 0 Å². The Morgan fingerprint density at radius 3 is 2.57 bits per heavy atom. The molecule has 0 bridgehead atoms. The lowest BCUT2D eigenvalue weighted by Crippen LogP contribution is -2.42. The van der Waals surface area contributed by atoms with Gasteiger partial charge in [-0.05, 0) is 43.7 Å². The molecule has 0 spiro atoms. The Bertz CT molecular complexity index is 566. The number of hydrogen-bond donors (Lipinski definition) is 2. The van der Waals surface area contributed by atoms with Gasteiger partial charge in [-0.25, -0.2) is 0 Å². The number of rotatable bonds is 6. The average Bonchev–Trinajstić information content (AvgIpc) is 2.98. The van der Waals surface area contributed by atoms with Crippen molar-refractivity contribution >= 4 is 21.8 Å². The predicted octanol–water partition coefficient (Wildman–Crippen LogP) is 3.40. The molecule has 0 aliphatic heterocycles. The lowest BCUT2D eigenvalue weighted by molar-refractivity contribution is -0.123. The lowest BCUT2D eigenvalue weighted by atomic mass is 10.1. The Morgan fingerprint density at radius 1 is 1.24 bits per heavy atom. The highest BCUT2D eigenvalue weighted by atomic mass is 79.9. The van der Waals surface area contributed by atoms with Gasteiger partial charge in [-0.2, -0.15) is 0 Å². The standard InChI is InChI=1S/C16H19BrN2O2/c1-11(13-5-7-14(17)8-6-13)19-12(2)16(20)18-10-15-4-3-9-21-15/h3-9,11-12,19H,10H2,1-2H3,(H,18,20)/t11-,12?/m0/s1. The molecule has 2 rings (SSSR count). The van der Waals surface area contributed by atoms with E-state index in [1.165, 1.54) is 0 Å². The molecule has 21 heavy (non-hydrogen) atoms. The third-order valence-corrected chi connectivity index (χ3v) is 3.81. The molecular formula is C16H19BrN2O2. The van der Waals surface area contributed by atoms with Crippen LogP contribution in [0, 0.1) is 0 Å². The van der Waals surface area contributed by atoms with Crippen LogP contribution in [0.3, 0.4) is 0 Å². The summed E-state index contributed by atoms with van der Waals surface area (Å²) in [4.78, 5) is 12.0. The van der Waals surface area contributed by atoms with Crippen LogP contribution in [-0.4, -0.2) is 11.9 Å². The number of carbonyl (C=O) groups excluding carboxylic acids is 1. The fourth-order valence-electron chi connectivity index (χ4n) is 2.04. The minimum absolute atomic E-state index is 0.0460. The van der Waals surface area contributed by atoms with E-state index in [4.69, 9.17) is 4.42 Å². The second kappa shape index (κ2) is 7.43. The second-order valence-electron chi connectivity index (χ2n) is 4.96. The lowest BCUT2D eigenvalue weighted by Gasteiger charge is -2.20. The van der Waals surface area contributed by atoms with Gasteiger partial charge in [0.2, 0.25) is 5.91 Å². The Hall–Kier alpha value is -1.59. The van der Waals surface area contributed by atoms with Crippen LogP contribution < -0.4 is 10.6 Å². The van der Waals surface area contributed by atoms with Crippen molar-refractivity contribution in [3.63, 3.8) is 0 Å². The third-order valence-electron chi connectivity index (χ3n) is 3.28. The average molecular weight is 351 g/mol. The Labute approximate surface area is 133 Å². The zero-order chi connectivity index (χ0) is 15.2. The second-order valence-corrected chi connectivity index (χ2v) is 5.87. The van der Waals surface area contributed by atoms with Gasteiger partial charge in [0.15, 0.2) is 0 Å². The molecule has 4 nitrogen and oxygen atoms in total. The zero-order valence-corrected chi connectivity index (χ0v) is 13.7. The van der Waals surface area contributed by atoms with Crippen LogP contribution in [0.5, 0.6) is 0 Å². The number of nitrogens with one attached hydrogen (secondary N) is 2. The molecule has 0 aliphatic rings. The first-order chi connectivity index (χ1) is 10.1. The highest BCUT2D eigenvalue weighted by Crippen LogP contribution is 2.16. The van der Waals surface area contributed by atoms with Crippen molar-refractivity contribution < 1.29 is 9.21 Å². The van der Waals surface area contributed by atoms with Gasteiger partial charge < -0.3 is 9.73 Å². The van der Waals surface area contributed by atoms with Crippen LogP contribution in [0.25, 0.3) is 0 Å². The van der Waals surface area contributed by atoms with Crippen LogP contribution in [0.4, 0.5) is 0 Å². The predicted molar refractivity (Wildman–Crippen MR) is 85.7 cm³/mol. The normalized spacial score (nSPS) is 13.7. The van der Waals surface area contributed by atoms with Gasteiger partial charge in [0.25, 0.3) is 0 Å². The highest BCUT2D eigenvalue weighted by Gasteiger charge is 2.16.